The van der Waals surface area contributed by atoms with Gasteiger partial charge in [0.05, 0.1) is 17.9 Å². The Hall–Kier alpha value is -2.92. The van der Waals surface area contributed by atoms with Gasteiger partial charge in [0.15, 0.2) is 18.1 Å². The molecule has 8 nitrogen and oxygen atoms in total. The second-order valence-corrected chi connectivity index (χ2v) is 9.41. The highest BCUT2D eigenvalue weighted by Crippen LogP contribution is 2.32. The van der Waals surface area contributed by atoms with Gasteiger partial charge < -0.3 is 18.9 Å². The summed E-state index contributed by atoms with van der Waals surface area (Å²) in [4.78, 5) is 26.9. The van der Waals surface area contributed by atoms with E-state index in [1.54, 1.807) is 6.07 Å². The second-order valence-electron chi connectivity index (χ2n) is 9.41. The molecule has 0 bridgehead atoms. The van der Waals surface area contributed by atoms with Crippen LogP contribution in [0.15, 0.2) is 34.9 Å². The summed E-state index contributed by atoms with van der Waals surface area (Å²) in [7, 11) is 0. The fourth-order valence-corrected chi connectivity index (χ4v) is 4.14. The maximum Gasteiger partial charge on any atom is 0.416 e. The third kappa shape index (κ3) is 5.84. The van der Waals surface area contributed by atoms with Crippen molar-refractivity contribution >= 4 is 23.3 Å². The molecule has 1 N–H and O–H groups in total. The Bertz CT molecular complexity index is 1050. The molecule has 1 aromatic heterocycles. The molecule has 1 aromatic carbocycles. The summed E-state index contributed by atoms with van der Waals surface area (Å²) in [6.07, 6.45) is -1.71. The number of rotatable bonds is 7. The number of hydrogen-bond donors (Lipinski definition) is 1. The Labute approximate surface area is 200 Å². The molecule has 3 heterocycles. The van der Waals surface area contributed by atoms with E-state index < -0.39 is 29.1 Å². The number of ether oxygens (including phenoxy) is 2. The van der Waals surface area contributed by atoms with E-state index in [0.29, 0.717) is 24.6 Å². The molecule has 2 aromatic rings. The van der Waals surface area contributed by atoms with E-state index >= 15 is 0 Å². The molecule has 0 saturated carbocycles. The molecular formula is C24H28F3N3O5. The van der Waals surface area contributed by atoms with Gasteiger partial charge in [-0.15, -0.1) is 0 Å². The fourth-order valence-electron chi connectivity index (χ4n) is 4.14. The Balaban J connectivity index is 1.40. The molecule has 0 radical (unpaired) electrons. The van der Waals surface area contributed by atoms with Crippen LogP contribution in [0.3, 0.4) is 0 Å². The molecule has 2 fully saturated rings. The summed E-state index contributed by atoms with van der Waals surface area (Å²) in [5.41, 5.74) is -0.419. The van der Waals surface area contributed by atoms with Crippen molar-refractivity contribution in [1.82, 2.24) is 5.16 Å². The Morgan fingerprint density at radius 2 is 1.97 bits per heavy atom. The number of anilines is 2. The first-order valence-corrected chi connectivity index (χ1v) is 11.5. The Morgan fingerprint density at radius 3 is 2.63 bits per heavy atom. The first-order chi connectivity index (χ1) is 16.5. The number of Topliss-reactive ketones (excluding diaryl/α,β-unsaturated/α-hetero) is 1. The van der Waals surface area contributed by atoms with Gasteiger partial charge in [0, 0.05) is 36.7 Å². The topological polar surface area (TPSA) is 93.9 Å². The quantitative estimate of drug-likeness (QED) is 0.573. The van der Waals surface area contributed by atoms with Gasteiger partial charge in [-0.25, -0.2) is 0 Å². The van der Waals surface area contributed by atoms with Gasteiger partial charge in [0.25, 0.3) is 5.91 Å². The summed E-state index contributed by atoms with van der Waals surface area (Å²) in [6, 6.07) is 4.77. The normalized spacial score (nSPS) is 21.4. The maximum atomic E-state index is 12.9. The van der Waals surface area contributed by atoms with Crippen molar-refractivity contribution in [3.8, 4) is 0 Å². The number of nitrogens with one attached hydrogen (secondary N) is 1. The van der Waals surface area contributed by atoms with Gasteiger partial charge in [-0.3, -0.25) is 14.9 Å². The molecule has 2 saturated heterocycles. The molecule has 0 aliphatic carbocycles. The van der Waals surface area contributed by atoms with E-state index in [4.69, 9.17) is 14.0 Å². The van der Waals surface area contributed by atoms with Crippen molar-refractivity contribution in [2.45, 2.75) is 63.5 Å². The number of nitrogens with zero attached hydrogens (tertiary/aromatic N) is 2. The summed E-state index contributed by atoms with van der Waals surface area (Å²) in [6.45, 7) is 5.07. The predicted octanol–water partition coefficient (Wildman–Crippen LogP) is 4.30. The van der Waals surface area contributed by atoms with Crippen LogP contribution in [0.25, 0.3) is 0 Å². The average Bonchev–Trinajstić information content (AvgIpc) is 3.45. The minimum absolute atomic E-state index is 0.0686. The number of hydrogen-bond acceptors (Lipinski definition) is 7. The van der Waals surface area contributed by atoms with E-state index in [2.05, 4.69) is 10.5 Å². The molecule has 2 aliphatic rings. The van der Waals surface area contributed by atoms with Crippen molar-refractivity contribution in [3.63, 3.8) is 0 Å². The molecule has 0 spiro atoms. The molecule has 1 amide bonds. The second kappa shape index (κ2) is 9.98. The summed E-state index contributed by atoms with van der Waals surface area (Å²) in [5.74, 6) is -0.901. The van der Waals surface area contributed by atoms with Crippen LogP contribution in [0.2, 0.25) is 0 Å². The monoisotopic (exact) mass is 495 g/mol. The van der Waals surface area contributed by atoms with Gasteiger partial charge in [-0.05, 0) is 43.5 Å². The average molecular weight is 495 g/mol. The predicted molar refractivity (Wildman–Crippen MR) is 120 cm³/mol. The van der Waals surface area contributed by atoms with Crippen LogP contribution >= 0.6 is 0 Å². The molecule has 190 valence electrons. The summed E-state index contributed by atoms with van der Waals surface area (Å²) in [5, 5.41) is 6.62. The van der Waals surface area contributed by atoms with Crippen molar-refractivity contribution in [2.24, 2.45) is 0 Å². The van der Waals surface area contributed by atoms with Crippen LogP contribution in [0.5, 0.6) is 0 Å². The van der Waals surface area contributed by atoms with Crippen molar-refractivity contribution in [1.29, 1.82) is 0 Å². The zero-order valence-electron chi connectivity index (χ0n) is 19.6. The number of carbonyl (C=O) groups excluding carboxylic acids is 2. The minimum atomic E-state index is -4.47. The van der Waals surface area contributed by atoms with Crippen LogP contribution in [0.4, 0.5) is 24.7 Å². The lowest BCUT2D eigenvalue weighted by molar-refractivity contribution is -0.170. The Morgan fingerprint density at radius 1 is 1.23 bits per heavy atom. The number of benzene rings is 1. The van der Waals surface area contributed by atoms with Crippen LogP contribution in [-0.4, -0.2) is 48.9 Å². The van der Waals surface area contributed by atoms with Crippen LogP contribution in [0, 0.1) is 0 Å². The SMILES string of the molecule is CC(C)(CO[C@H]1CCCCO1)c1cc(NC(=O)C2C(=O)CCN2c2ccc(C(F)(F)F)cc2)on1. The summed E-state index contributed by atoms with van der Waals surface area (Å²) < 4.78 is 55.4. The van der Waals surface area contributed by atoms with Gasteiger partial charge in [0.1, 0.15) is 0 Å². The van der Waals surface area contributed by atoms with E-state index in [9.17, 15) is 22.8 Å². The van der Waals surface area contributed by atoms with E-state index in [0.717, 1.165) is 31.4 Å². The molecular weight excluding hydrogens is 467 g/mol. The number of carbonyl (C=O) groups is 2. The first kappa shape index (κ1) is 25.2. The van der Waals surface area contributed by atoms with Crippen molar-refractivity contribution in [2.75, 3.05) is 30.0 Å². The standard InChI is InChI=1S/C24H28F3N3O5/c1-23(2,14-34-20-5-3-4-12-33-20)18-13-19(35-29-18)28-22(32)21-17(31)10-11-30(21)16-8-6-15(7-9-16)24(25,26)27/h6-9,13,20-21H,3-5,10-12,14H2,1-2H3,(H,28,32)/t20-,21?/m0/s1. The largest absolute Gasteiger partial charge is 0.416 e. The molecule has 35 heavy (non-hydrogen) atoms. The van der Waals surface area contributed by atoms with Gasteiger partial charge >= 0.3 is 6.18 Å². The van der Waals surface area contributed by atoms with Crippen LogP contribution in [0.1, 0.15) is 50.8 Å². The molecule has 2 aliphatic heterocycles. The lowest BCUT2D eigenvalue weighted by Gasteiger charge is -2.28. The van der Waals surface area contributed by atoms with Crippen molar-refractivity contribution in [3.05, 3.63) is 41.6 Å². The van der Waals surface area contributed by atoms with Crippen LogP contribution in [-0.2, 0) is 30.7 Å². The molecule has 1 unspecified atom stereocenters. The molecule has 2 atom stereocenters. The Kier molecular flexibility index (Phi) is 7.18. The molecule has 11 heteroatoms. The minimum Gasteiger partial charge on any atom is -0.353 e. The third-order valence-electron chi connectivity index (χ3n) is 6.21. The zero-order valence-corrected chi connectivity index (χ0v) is 19.6. The lowest BCUT2D eigenvalue weighted by atomic mass is 9.90. The highest BCUT2D eigenvalue weighted by molar-refractivity contribution is 6.14. The smallest absolute Gasteiger partial charge is 0.353 e. The third-order valence-corrected chi connectivity index (χ3v) is 6.21. The summed E-state index contributed by atoms with van der Waals surface area (Å²) >= 11 is 0. The van der Waals surface area contributed by atoms with Crippen molar-refractivity contribution < 1.29 is 36.8 Å². The number of amides is 1. The number of halogens is 3. The van der Waals surface area contributed by atoms with E-state index in [1.165, 1.54) is 17.0 Å². The highest BCUT2D eigenvalue weighted by atomic mass is 19.4. The number of aromatic nitrogens is 1. The van der Waals surface area contributed by atoms with E-state index in [1.807, 2.05) is 13.8 Å². The fraction of sp³-hybridized carbons (Fsp3) is 0.542. The molecule has 4 rings (SSSR count). The van der Waals surface area contributed by atoms with Gasteiger partial charge in [0.2, 0.25) is 5.88 Å². The van der Waals surface area contributed by atoms with Gasteiger partial charge in [-0.2, -0.15) is 13.2 Å². The lowest BCUT2D eigenvalue weighted by Crippen LogP contribution is -2.43. The van der Waals surface area contributed by atoms with Gasteiger partial charge in [-0.1, -0.05) is 19.0 Å². The number of ketones is 1. The highest BCUT2D eigenvalue weighted by Gasteiger charge is 2.39. The number of alkyl halides is 3. The first-order valence-electron chi connectivity index (χ1n) is 11.5. The maximum absolute atomic E-state index is 12.9. The zero-order chi connectivity index (χ0) is 25.2. The van der Waals surface area contributed by atoms with Crippen LogP contribution < -0.4 is 10.2 Å². The van der Waals surface area contributed by atoms with E-state index in [-0.39, 0.29) is 30.9 Å².